The van der Waals surface area contributed by atoms with Crippen molar-refractivity contribution in [2.45, 2.75) is 20.4 Å². The van der Waals surface area contributed by atoms with Gasteiger partial charge in [0, 0.05) is 10.3 Å². The van der Waals surface area contributed by atoms with Crippen molar-refractivity contribution in [3.8, 4) is 10.6 Å². The van der Waals surface area contributed by atoms with Gasteiger partial charge in [0.05, 0.1) is 31.9 Å². The highest BCUT2D eigenvalue weighted by Gasteiger charge is 2.12. The van der Waals surface area contributed by atoms with Gasteiger partial charge in [-0.25, -0.2) is 4.98 Å². The minimum Gasteiger partial charge on any atom is -0.346 e. The molecule has 0 fully saturated rings. The second kappa shape index (κ2) is 6.74. The van der Waals surface area contributed by atoms with Crippen LogP contribution in [0.3, 0.4) is 0 Å². The lowest BCUT2D eigenvalue weighted by Gasteiger charge is -2.00. The molecule has 4 nitrogen and oxygen atoms in total. The molecule has 0 spiro atoms. The van der Waals surface area contributed by atoms with Crippen LogP contribution in [0, 0.1) is 6.92 Å². The van der Waals surface area contributed by atoms with Crippen LogP contribution in [-0.2, 0) is 6.54 Å². The summed E-state index contributed by atoms with van der Waals surface area (Å²) < 4.78 is 0. The predicted octanol–water partition coefficient (Wildman–Crippen LogP) is 4.37. The van der Waals surface area contributed by atoms with Crippen LogP contribution in [0.2, 0.25) is 0 Å². The van der Waals surface area contributed by atoms with Crippen molar-refractivity contribution in [3.05, 3.63) is 49.3 Å². The van der Waals surface area contributed by atoms with E-state index in [1.54, 1.807) is 34.8 Å². The van der Waals surface area contributed by atoms with Crippen molar-refractivity contribution in [1.82, 2.24) is 10.3 Å². The summed E-state index contributed by atoms with van der Waals surface area (Å²) in [5.74, 6) is -0.169. The molecule has 0 aromatic carbocycles. The van der Waals surface area contributed by atoms with Crippen LogP contribution in [0.15, 0.2) is 29.6 Å². The van der Waals surface area contributed by atoms with Crippen LogP contribution in [0.4, 0.5) is 0 Å². The highest BCUT2D eigenvalue weighted by molar-refractivity contribution is 7.16. The molecule has 0 aliphatic carbocycles. The van der Waals surface area contributed by atoms with Crippen molar-refractivity contribution >= 4 is 45.7 Å². The Kier molecular flexibility index (Phi) is 4.70. The van der Waals surface area contributed by atoms with Crippen LogP contribution in [0.25, 0.3) is 10.6 Å². The number of thiophene rings is 2. The molecule has 3 aromatic heterocycles. The maximum atomic E-state index is 12.1. The van der Waals surface area contributed by atoms with Gasteiger partial charge in [0.25, 0.3) is 5.91 Å². The Morgan fingerprint density at radius 1 is 1.13 bits per heavy atom. The molecule has 0 bridgehead atoms. The summed E-state index contributed by atoms with van der Waals surface area (Å²) in [4.78, 5) is 31.2. The monoisotopic (exact) mass is 362 g/mol. The van der Waals surface area contributed by atoms with Gasteiger partial charge in [0.15, 0.2) is 5.78 Å². The van der Waals surface area contributed by atoms with Crippen LogP contribution >= 0.6 is 34.0 Å². The second-order valence-corrected chi connectivity index (χ2v) is 8.23. The number of Topliss-reactive ketones (excluding diaryl/α,β-unsaturated/α-hetero) is 1. The normalized spacial score (nSPS) is 10.7. The molecule has 1 amide bonds. The number of rotatable bonds is 5. The average molecular weight is 363 g/mol. The lowest BCUT2D eigenvalue weighted by molar-refractivity contribution is 0.0954. The zero-order valence-electron chi connectivity index (χ0n) is 12.6. The fourth-order valence-corrected chi connectivity index (χ4v) is 4.40. The number of hydrogen-bond donors (Lipinski definition) is 1. The molecule has 1 N–H and O–H groups in total. The van der Waals surface area contributed by atoms with Gasteiger partial charge < -0.3 is 5.32 Å². The number of carbonyl (C=O) groups is 2. The molecule has 7 heteroatoms. The fourth-order valence-electron chi connectivity index (χ4n) is 1.99. The van der Waals surface area contributed by atoms with Gasteiger partial charge in [-0.05, 0) is 38.1 Å². The quantitative estimate of drug-likeness (QED) is 0.686. The van der Waals surface area contributed by atoms with Gasteiger partial charge in [-0.3, -0.25) is 9.59 Å². The third kappa shape index (κ3) is 3.74. The summed E-state index contributed by atoms with van der Waals surface area (Å²) >= 11 is 4.48. The molecule has 0 unspecified atom stereocenters. The maximum absolute atomic E-state index is 12.1. The number of amides is 1. The highest BCUT2D eigenvalue weighted by Crippen LogP contribution is 2.29. The largest absolute Gasteiger partial charge is 0.346 e. The van der Waals surface area contributed by atoms with Crippen LogP contribution in [-0.4, -0.2) is 16.7 Å². The predicted molar refractivity (Wildman–Crippen MR) is 95.7 cm³/mol. The molecule has 0 aliphatic heterocycles. The SMILES string of the molecule is CC(=O)c1ccc(C(=O)NCc2ccc(-c3csc(C)n3)s2)s1. The summed E-state index contributed by atoms with van der Waals surface area (Å²) in [5.41, 5.74) is 0.986. The zero-order valence-corrected chi connectivity index (χ0v) is 15.0. The molecule has 23 heavy (non-hydrogen) atoms. The molecule has 0 radical (unpaired) electrons. The lowest BCUT2D eigenvalue weighted by Crippen LogP contribution is -2.21. The van der Waals surface area contributed by atoms with E-state index in [1.807, 2.05) is 24.4 Å². The minimum absolute atomic E-state index is 0.0181. The highest BCUT2D eigenvalue weighted by atomic mass is 32.1. The van der Waals surface area contributed by atoms with Crippen molar-refractivity contribution in [3.63, 3.8) is 0 Å². The number of aryl methyl sites for hydroxylation is 1. The Morgan fingerprint density at radius 3 is 2.57 bits per heavy atom. The molecular weight excluding hydrogens is 348 g/mol. The first-order valence-corrected chi connectivity index (χ1v) is 9.44. The van der Waals surface area contributed by atoms with E-state index in [1.165, 1.54) is 18.3 Å². The van der Waals surface area contributed by atoms with Gasteiger partial charge >= 0.3 is 0 Å². The molecular formula is C16H14N2O2S3. The molecule has 0 aliphatic rings. The van der Waals surface area contributed by atoms with E-state index in [0.717, 1.165) is 20.5 Å². The Labute approximate surface area is 145 Å². The van der Waals surface area contributed by atoms with Crippen molar-refractivity contribution in [2.75, 3.05) is 0 Å². The molecule has 118 valence electrons. The first-order valence-electron chi connectivity index (χ1n) is 6.93. The summed E-state index contributed by atoms with van der Waals surface area (Å²) in [6.07, 6.45) is 0. The van der Waals surface area contributed by atoms with Crippen LogP contribution < -0.4 is 5.32 Å². The van der Waals surface area contributed by atoms with E-state index in [4.69, 9.17) is 0 Å². The Hall–Kier alpha value is -1.83. The average Bonchev–Trinajstić information content (AvgIpc) is 3.24. The molecule has 0 saturated carbocycles. The van der Waals surface area contributed by atoms with Gasteiger partial charge in [0.2, 0.25) is 0 Å². The Balaban J connectivity index is 1.63. The molecule has 3 aromatic rings. The summed E-state index contributed by atoms with van der Waals surface area (Å²) in [6, 6.07) is 7.41. The van der Waals surface area contributed by atoms with E-state index in [-0.39, 0.29) is 11.7 Å². The summed E-state index contributed by atoms with van der Waals surface area (Å²) in [7, 11) is 0. The van der Waals surface area contributed by atoms with Crippen molar-refractivity contribution in [2.24, 2.45) is 0 Å². The fraction of sp³-hybridized carbons (Fsp3) is 0.188. The number of carbonyl (C=O) groups excluding carboxylic acids is 2. The van der Waals surface area contributed by atoms with Gasteiger partial charge in [-0.15, -0.1) is 34.0 Å². The van der Waals surface area contributed by atoms with Gasteiger partial charge in [-0.1, -0.05) is 0 Å². The van der Waals surface area contributed by atoms with Crippen LogP contribution in [0.5, 0.6) is 0 Å². The number of ketones is 1. The van der Waals surface area contributed by atoms with E-state index < -0.39 is 0 Å². The number of aromatic nitrogens is 1. The first-order chi connectivity index (χ1) is 11.0. The lowest BCUT2D eigenvalue weighted by atomic mass is 10.3. The number of thiazole rings is 1. The Bertz CT molecular complexity index is 860. The Morgan fingerprint density at radius 2 is 1.91 bits per heavy atom. The van der Waals surface area contributed by atoms with E-state index in [0.29, 0.717) is 16.3 Å². The van der Waals surface area contributed by atoms with E-state index in [2.05, 4.69) is 10.3 Å². The molecule has 0 saturated heterocycles. The summed E-state index contributed by atoms with van der Waals surface area (Å²) in [6.45, 7) is 3.96. The smallest absolute Gasteiger partial charge is 0.261 e. The minimum atomic E-state index is -0.151. The third-order valence-electron chi connectivity index (χ3n) is 3.13. The van der Waals surface area contributed by atoms with Crippen molar-refractivity contribution < 1.29 is 9.59 Å². The van der Waals surface area contributed by atoms with E-state index in [9.17, 15) is 9.59 Å². The first kappa shape index (κ1) is 16.0. The number of hydrogen-bond acceptors (Lipinski definition) is 6. The summed E-state index contributed by atoms with van der Waals surface area (Å²) in [5, 5.41) is 5.97. The second-order valence-electron chi connectivity index (χ2n) is 4.92. The van der Waals surface area contributed by atoms with Crippen molar-refractivity contribution in [1.29, 1.82) is 0 Å². The zero-order chi connectivity index (χ0) is 16.4. The van der Waals surface area contributed by atoms with Gasteiger partial charge in [-0.2, -0.15) is 0 Å². The van der Waals surface area contributed by atoms with Gasteiger partial charge in [0.1, 0.15) is 0 Å². The molecule has 3 heterocycles. The van der Waals surface area contributed by atoms with Crippen LogP contribution in [0.1, 0.15) is 36.2 Å². The standard InChI is InChI=1S/C16H14N2O2S3/c1-9(19)13-5-6-15(23-13)16(20)17-7-11-3-4-14(22-11)12-8-21-10(2)18-12/h3-6,8H,7H2,1-2H3,(H,17,20). The molecule has 0 atom stereocenters. The third-order valence-corrected chi connectivity index (χ3v) is 6.20. The maximum Gasteiger partial charge on any atom is 0.261 e. The number of nitrogens with one attached hydrogen (secondary N) is 1. The molecule has 3 rings (SSSR count). The topological polar surface area (TPSA) is 59.1 Å². The number of nitrogens with zero attached hydrogens (tertiary/aromatic N) is 1. The van der Waals surface area contributed by atoms with E-state index >= 15 is 0 Å².